The van der Waals surface area contributed by atoms with E-state index >= 15 is 0 Å². The second-order valence-electron chi connectivity index (χ2n) is 5.90. The number of methoxy groups -OCH3 is 1. The summed E-state index contributed by atoms with van der Waals surface area (Å²) in [5.74, 6) is -0.200. The van der Waals surface area contributed by atoms with Crippen LogP contribution in [0.4, 0.5) is 21.7 Å². The third kappa shape index (κ3) is 3.20. The molecule has 0 fully saturated rings. The standard InChI is InChI=1S/C19H15FN6O2/c1-28-16-7-4-12(8-14(16)20)24-19-23-9-15-18(25-19)26(17(27)10-22-15)13-5-2-11(21)3-6-13/h2-10H,21H2,1H3,(H,23,24,25). The number of nitrogens with two attached hydrogens (primary N) is 1. The van der Waals surface area contributed by atoms with Crippen molar-refractivity contribution in [1.29, 1.82) is 0 Å². The first kappa shape index (κ1) is 17.4. The molecular weight excluding hydrogens is 363 g/mol. The van der Waals surface area contributed by atoms with Gasteiger partial charge in [0.25, 0.3) is 5.56 Å². The Bertz CT molecular complexity index is 1220. The first-order valence-electron chi connectivity index (χ1n) is 8.26. The molecule has 140 valence electrons. The predicted octanol–water partition coefficient (Wildman–Crippen LogP) is 2.65. The topological polar surface area (TPSA) is 108 Å². The summed E-state index contributed by atoms with van der Waals surface area (Å²) in [4.78, 5) is 25.1. The zero-order valence-electron chi connectivity index (χ0n) is 14.8. The average Bonchev–Trinajstić information content (AvgIpc) is 2.69. The molecule has 9 heteroatoms. The molecule has 0 spiro atoms. The molecule has 8 nitrogen and oxygen atoms in total. The number of hydrogen-bond donors (Lipinski definition) is 2. The summed E-state index contributed by atoms with van der Waals surface area (Å²) in [6, 6.07) is 11.2. The number of rotatable bonds is 4. The molecule has 0 saturated heterocycles. The molecule has 0 unspecified atom stereocenters. The lowest BCUT2D eigenvalue weighted by Crippen LogP contribution is -2.20. The van der Waals surface area contributed by atoms with Gasteiger partial charge in [0.15, 0.2) is 17.2 Å². The van der Waals surface area contributed by atoms with Crippen molar-refractivity contribution >= 4 is 28.5 Å². The van der Waals surface area contributed by atoms with Crippen LogP contribution in [-0.2, 0) is 0 Å². The van der Waals surface area contributed by atoms with E-state index in [1.165, 1.54) is 36.2 Å². The molecule has 0 amide bonds. The molecule has 0 saturated carbocycles. The monoisotopic (exact) mass is 378 g/mol. The third-order valence-corrected chi connectivity index (χ3v) is 4.06. The molecule has 0 bridgehead atoms. The van der Waals surface area contributed by atoms with Gasteiger partial charge < -0.3 is 15.8 Å². The molecule has 2 heterocycles. The summed E-state index contributed by atoms with van der Waals surface area (Å²) in [6.07, 6.45) is 2.69. The maximum atomic E-state index is 13.9. The molecule has 4 aromatic rings. The van der Waals surface area contributed by atoms with Gasteiger partial charge in [-0.3, -0.25) is 9.36 Å². The van der Waals surface area contributed by atoms with Crippen molar-refractivity contribution in [3.63, 3.8) is 0 Å². The minimum absolute atomic E-state index is 0.131. The molecule has 28 heavy (non-hydrogen) atoms. The molecule has 4 rings (SSSR count). The summed E-state index contributed by atoms with van der Waals surface area (Å²) in [5, 5.41) is 2.91. The largest absolute Gasteiger partial charge is 0.494 e. The zero-order chi connectivity index (χ0) is 19.7. The van der Waals surface area contributed by atoms with E-state index < -0.39 is 5.82 Å². The van der Waals surface area contributed by atoms with Gasteiger partial charge in [0.05, 0.1) is 25.2 Å². The smallest absolute Gasteiger partial charge is 0.275 e. The van der Waals surface area contributed by atoms with Crippen LogP contribution in [0.15, 0.2) is 59.7 Å². The van der Waals surface area contributed by atoms with Crippen LogP contribution in [0.3, 0.4) is 0 Å². The van der Waals surface area contributed by atoms with Crippen molar-refractivity contribution in [2.75, 3.05) is 18.2 Å². The lowest BCUT2D eigenvalue weighted by Gasteiger charge is -2.11. The fourth-order valence-corrected chi connectivity index (χ4v) is 2.72. The van der Waals surface area contributed by atoms with Crippen molar-refractivity contribution < 1.29 is 9.13 Å². The van der Waals surface area contributed by atoms with Gasteiger partial charge in [0, 0.05) is 17.4 Å². The Hall–Kier alpha value is -4.01. The lowest BCUT2D eigenvalue weighted by atomic mass is 10.3. The van der Waals surface area contributed by atoms with Gasteiger partial charge in [0.2, 0.25) is 5.95 Å². The van der Waals surface area contributed by atoms with Gasteiger partial charge in [-0.15, -0.1) is 0 Å². The van der Waals surface area contributed by atoms with E-state index in [9.17, 15) is 9.18 Å². The highest BCUT2D eigenvalue weighted by atomic mass is 19.1. The van der Waals surface area contributed by atoms with Gasteiger partial charge in [-0.25, -0.2) is 14.4 Å². The zero-order valence-corrected chi connectivity index (χ0v) is 14.8. The van der Waals surface area contributed by atoms with Crippen LogP contribution in [0.1, 0.15) is 0 Å². The van der Waals surface area contributed by atoms with E-state index in [0.717, 1.165) is 0 Å². The molecule has 0 aliphatic heterocycles. The fourth-order valence-electron chi connectivity index (χ4n) is 2.72. The SMILES string of the molecule is COc1ccc(Nc2ncc3ncc(=O)n(-c4ccc(N)cc4)c3n2)cc1F. The summed E-state index contributed by atoms with van der Waals surface area (Å²) in [5.41, 5.74) is 7.72. The second kappa shape index (κ2) is 6.95. The lowest BCUT2D eigenvalue weighted by molar-refractivity contribution is 0.386. The van der Waals surface area contributed by atoms with E-state index in [1.807, 2.05) is 0 Å². The number of anilines is 3. The Balaban J connectivity index is 1.80. The third-order valence-electron chi connectivity index (χ3n) is 4.06. The molecule has 0 aliphatic carbocycles. The number of fused-ring (bicyclic) bond motifs is 1. The highest BCUT2D eigenvalue weighted by Gasteiger charge is 2.11. The van der Waals surface area contributed by atoms with E-state index in [4.69, 9.17) is 10.5 Å². The van der Waals surface area contributed by atoms with Crippen molar-refractivity contribution in [1.82, 2.24) is 19.5 Å². The predicted molar refractivity (Wildman–Crippen MR) is 104 cm³/mol. The highest BCUT2D eigenvalue weighted by Crippen LogP contribution is 2.23. The van der Waals surface area contributed by atoms with Crippen molar-refractivity contribution in [2.45, 2.75) is 0 Å². The first-order chi connectivity index (χ1) is 13.5. The maximum Gasteiger partial charge on any atom is 0.275 e. The summed E-state index contributed by atoms with van der Waals surface area (Å²) >= 11 is 0. The number of ether oxygens (including phenoxy) is 1. The van der Waals surface area contributed by atoms with Gasteiger partial charge >= 0.3 is 0 Å². The molecule has 0 aliphatic rings. The van der Waals surface area contributed by atoms with Crippen molar-refractivity contribution in [2.24, 2.45) is 0 Å². The van der Waals surface area contributed by atoms with Crippen LogP contribution >= 0.6 is 0 Å². The molecule has 0 radical (unpaired) electrons. The Kier molecular flexibility index (Phi) is 4.32. The molecule has 3 N–H and O–H groups in total. The summed E-state index contributed by atoms with van der Waals surface area (Å²) < 4.78 is 20.2. The first-order valence-corrected chi connectivity index (χ1v) is 8.26. The van der Waals surface area contributed by atoms with Gasteiger partial charge in [-0.1, -0.05) is 0 Å². The number of benzene rings is 2. The van der Waals surface area contributed by atoms with Crippen LogP contribution in [0, 0.1) is 5.82 Å². The minimum Gasteiger partial charge on any atom is -0.494 e. The minimum atomic E-state index is -0.520. The number of hydrogen-bond acceptors (Lipinski definition) is 7. The number of aromatic nitrogens is 4. The molecular formula is C19H15FN6O2. The Morgan fingerprint density at radius 2 is 1.89 bits per heavy atom. The van der Waals surface area contributed by atoms with E-state index in [2.05, 4.69) is 20.3 Å². The number of nitrogens with zero attached hydrogens (tertiary/aromatic N) is 4. The molecule has 2 aromatic heterocycles. The van der Waals surface area contributed by atoms with Crippen LogP contribution in [0.2, 0.25) is 0 Å². The van der Waals surface area contributed by atoms with E-state index in [1.54, 1.807) is 30.3 Å². The highest BCUT2D eigenvalue weighted by molar-refractivity contribution is 5.73. The van der Waals surface area contributed by atoms with Crippen LogP contribution in [-0.4, -0.2) is 26.6 Å². The number of nitrogen functional groups attached to an aromatic ring is 1. The number of nitrogens with one attached hydrogen (secondary N) is 1. The van der Waals surface area contributed by atoms with Gasteiger partial charge in [-0.05, 0) is 36.4 Å². The maximum absolute atomic E-state index is 13.9. The normalized spacial score (nSPS) is 10.8. The van der Waals surface area contributed by atoms with Crippen molar-refractivity contribution in [3.8, 4) is 11.4 Å². The van der Waals surface area contributed by atoms with E-state index in [-0.39, 0.29) is 17.3 Å². The second-order valence-corrected chi connectivity index (χ2v) is 5.90. The molecule has 2 aromatic carbocycles. The van der Waals surface area contributed by atoms with Crippen molar-refractivity contribution in [3.05, 3.63) is 71.0 Å². The van der Waals surface area contributed by atoms with E-state index in [0.29, 0.717) is 28.2 Å². The Morgan fingerprint density at radius 3 is 2.61 bits per heavy atom. The summed E-state index contributed by atoms with van der Waals surface area (Å²) in [6.45, 7) is 0. The van der Waals surface area contributed by atoms with Gasteiger partial charge in [0.1, 0.15) is 5.52 Å². The van der Waals surface area contributed by atoms with Gasteiger partial charge in [-0.2, -0.15) is 4.98 Å². The molecule has 0 atom stereocenters. The Morgan fingerprint density at radius 1 is 1.11 bits per heavy atom. The Labute approximate surface area is 158 Å². The summed E-state index contributed by atoms with van der Waals surface area (Å²) in [7, 11) is 1.39. The van der Waals surface area contributed by atoms with Crippen LogP contribution in [0.5, 0.6) is 5.75 Å². The van der Waals surface area contributed by atoms with Crippen LogP contribution in [0.25, 0.3) is 16.9 Å². The van der Waals surface area contributed by atoms with Crippen LogP contribution < -0.4 is 21.3 Å². The quantitative estimate of drug-likeness (QED) is 0.526. The fraction of sp³-hybridized carbons (Fsp3) is 0.0526. The number of halogens is 1. The average molecular weight is 378 g/mol.